The second kappa shape index (κ2) is 4.57. The fraction of sp³-hybridized carbons (Fsp3) is 0.385. The molecule has 0 fully saturated rings. The van der Waals surface area contributed by atoms with E-state index < -0.39 is 0 Å². The van der Waals surface area contributed by atoms with Crippen LogP contribution in [0.15, 0.2) is 23.1 Å². The zero-order chi connectivity index (χ0) is 12.4. The fourth-order valence-electron chi connectivity index (χ4n) is 2.04. The summed E-state index contributed by atoms with van der Waals surface area (Å²) in [6, 6.07) is 3.77. The zero-order valence-electron chi connectivity index (χ0n) is 10.4. The molecule has 0 bridgehead atoms. The van der Waals surface area contributed by atoms with Crippen molar-refractivity contribution in [3.63, 3.8) is 0 Å². The van der Waals surface area contributed by atoms with Crippen molar-refractivity contribution in [3.05, 3.63) is 39.9 Å². The first-order chi connectivity index (χ1) is 8.19. The van der Waals surface area contributed by atoms with Crippen LogP contribution in [0.1, 0.15) is 24.6 Å². The van der Waals surface area contributed by atoms with Crippen LogP contribution in [0.2, 0.25) is 0 Å². The number of aryl methyl sites for hydroxylation is 1. The summed E-state index contributed by atoms with van der Waals surface area (Å²) >= 11 is 0. The summed E-state index contributed by atoms with van der Waals surface area (Å²) < 4.78 is 1.61. The quantitative estimate of drug-likeness (QED) is 0.878. The fourth-order valence-corrected chi connectivity index (χ4v) is 2.04. The highest BCUT2D eigenvalue weighted by molar-refractivity contribution is 5.67. The average molecular weight is 231 g/mol. The van der Waals surface area contributed by atoms with Crippen molar-refractivity contribution in [2.45, 2.75) is 26.7 Å². The van der Waals surface area contributed by atoms with Crippen LogP contribution >= 0.6 is 0 Å². The van der Waals surface area contributed by atoms with Gasteiger partial charge in [-0.05, 0) is 25.5 Å². The molecule has 2 aromatic rings. The van der Waals surface area contributed by atoms with Crippen molar-refractivity contribution in [1.82, 2.24) is 9.38 Å². The lowest BCUT2D eigenvalue weighted by Gasteiger charge is -2.10. The van der Waals surface area contributed by atoms with Gasteiger partial charge in [0, 0.05) is 24.5 Å². The number of rotatable bonds is 3. The van der Waals surface area contributed by atoms with Gasteiger partial charge in [0.25, 0.3) is 5.56 Å². The van der Waals surface area contributed by atoms with Gasteiger partial charge in [0.15, 0.2) is 5.65 Å². The van der Waals surface area contributed by atoms with E-state index in [4.69, 9.17) is 0 Å². The van der Waals surface area contributed by atoms with Crippen molar-refractivity contribution in [1.29, 1.82) is 0 Å². The first-order valence-corrected chi connectivity index (χ1v) is 5.87. The van der Waals surface area contributed by atoms with Gasteiger partial charge in [-0.3, -0.25) is 9.20 Å². The van der Waals surface area contributed by atoms with E-state index in [9.17, 15) is 4.79 Å². The van der Waals surface area contributed by atoms with Crippen LogP contribution in [-0.4, -0.2) is 16.4 Å². The molecule has 0 aliphatic carbocycles. The zero-order valence-corrected chi connectivity index (χ0v) is 10.4. The molecule has 0 atom stereocenters. The SMILES string of the molecule is CCCc1c(C)nc2c(NC)cccn2c1=O. The van der Waals surface area contributed by atoms with E-state index in [0.717, 1.165) is 29.8 Å². The molecule has 0 unspecified atom stereocenters. The molecule has 2 aromatic heterocycles. The number of pyridine rings is 1. The van der Waals surface area contributed by atoms with Crippen molar-refractivity contribution < 1.29 is 0 Å². The molecule has 0 spiro atoms. The molecule has 2 heterocycles. The second-order valence-corrected chi connectivity index (χ2v) is 4.10. The summed E-state index contributed by atoms with van der Waals surface area (Å²) in [7, 11) is 1.83. The van der Waals surface area contributed by atoms with E-state index in [2.05, 4.69) is 17.2 Å². The highest BCUT2D eigenvalue weighted by atomic mass is 16.1. The minimum atomic E-state index is 0.0476. The monoisotopic (exact) mass is 231 g/mol. The van der Waals surface area contributed by atoms with Crippen molar-refractivity contribution in [3.8, 4) is 0 Å². The topological polar surface area (TPSA) is 46.4 Å². The molecular weight excluding hydrogens is 214 g/mol. The molecule has 4 nitrogen and oxygen atoms in total. The van der Waals surface area contributed by atoms with Gasteiger partial charge in [-0.25, -0.2) is 4.98 Å². The van der Waals surface area contributed by atoms with Gasteiger partial charge in [0.1, 0.15) is 0 Å². The van der Waals surface area contributed by atoms with Crippen LogP contribution in [0.5, 0.6) is 0 Å². The number of hydrogen-bond acceptors (Lipinski definition) is 3. The molecular formula is C13H17N3O. The lowest BCUT2D eigenvalue weighted by Crippen LogP contribution is -2.22. The summed E-state index contributed by atoms with van der Waals surface area (Å²) in [6.07, 6.45) is 3.50. The Labute approximate surface area is 100 Å². The maximum Gasteiger partial charge on any atom is 0.261 e. The van der Waals surface area contributed by atoms with Crippen LogP contribution in [-0.2, 0) is 6.42 Å². The van der Waals surface area contributed by atoms with E-state index in [1.54, 1.807) is 10.6 Å². The minimum absolute atomic E-state index is 0.0476. The maximum atomic E-state index is 12.3. The number of nitrogens with zero attached hydrogens (tertiary/aromatic N) is 2. The van der Waals surface area contributed by atoms with Crippen LogP contribution < -0.4 is 10.9 Å². The molecule has 0 amide bonds. The molecule has 4 heteroatoms. The first kappa shape index (κ1) is 11.6. The standard InChI is InChI=1S/C13H17N3O/c1-4-6-10-9(2)15-12-11(14-3)7-5-8-16(12)13(10)17/h5,7-8,14H,4,6H2,1-3H3. The summed E-state index contributed by atoms with van der Waals surface area (Å²) in [6.45, 7) is 3.97. The third-order valence-corrected chi connectivity index (χ3v) is 2.92. The van der Waals surface area contributed by atoms with E-state index in [1.807, 2.05) is 26.1 Å². The molecule has 1 N–H and O–H groups in total. The van der Waals surface area contributed by atoms with Gasteiger partial charge in [-0.15, -0.1) is 0 Å². The Morgan fingerprint density at radius 1 is 1.47 bits per heavy atom. The van der Waals surface area contributed by atoms with Crippen molar-refractivity contribution in [2.24, 2.45) is 0 Å². The normalized spacial score (nSPS) is 10.8. The Kier molecular flexibility index (Phi) is 3.13. The van der Waals surface area contributed by atoms with Crippen molar-refractivity contribution >= 4 is 11.3 Å². The number of nitrogens with one attached hydrogen (secondary N) is 1. The summed E-state index contributed by atoms with van der Waals surface area (Å²) in [5, 5.41) is 3.05. The predicted molar refractivity (Wildman–Crippen MR) is 69.7 cm³/mol. The van der Waals surface area contributed by atoms with Crippen molar-refractivity contribution in [2.75, 3.05) is 12.4 Å². The molecule has 90 valence electrons. The van der Waals surface area contributed by atoms with Crippen LogP contribution in [0.3, 0.4) is 0 Å². The van der Waals surface area contributed by atoms with Crippen LogP contribution in [0.25, 0.3) is 5.65 Å². The maximum absolute atomic E-state index is 12.3. The summed E-state index contributed by atoms with van der Waals surface area (Å²) in [5.41, 5.74) is 3.26. The van der Waals surface area contributed by atoms with Gasteiger partial charge < -0.3 is 5.32 Å². The Balaban J connectivity index is 2.81. The Bertz CT molecular complexity index is 601. The molecule has 17 heavy (non-hydrogen) atoms. The van der Waals surface area contributed by atoms with Crippen LogP contribution in [0.4, 0.5) is 5.69 Å². The lowest BCUT2D eigenvalue weighted by molar-refractivity contribution is 0.857. The Hall–Kier alpha value is -1.84. The van der Waals surface area contributed by atoms with E-state index in [1.165, 1.54) is 0 Å². The van der Waals surface area contributed by atoms with Gasteiger partial charge in [-0.1, -0.05) is 13.3 Å². The first-order valence-electron chi connectivity index (χ1n) is 5.87. The Morgan fingerprint density at radius 3 is 2.88 bits per heavy atom. The van der Waals surface area contributed by atoms with Gasteiger partial charge in [0.2, 0.25) is 0 Å². The third-order valence-electron chi connectivity index (χ3n) is 2.92. The predicted octanol–water partition coefficient (Wildman–Crippen LogP) is 2.00. The Morgan fingerprint density at radius 2 is 2.24 bits per heavy atom. The van der Waals surface area contributed by atoms with E-state index >= 15 is 0 Å². The minimum Gasteiger partial charge on any atom is -0.385 e. The summed E-state index contributed by atoms with van der Waals surface area (Å²) in [5.74, 6) is 0. The van der Waals surface area contributed by atoms with E-state index in [0.29, 0.717) is 5.65 Å². The molecule has 2 rings (SSSR count). The lowest BCUT2D eigenvalue weighted by atomic mass is 10.1. The smallest absolute Gasteiger partial charge is 0.261 e. The molecule has 0 radical (unpaired) electrons. The van der Waals surface area contributed by atoms with Crippen LogP contribution in [0, 0.1) is 6.92 Å². The molecule has 0 aliphatic heterocycles. The second-order valence-electron chi connectivity index (χ2n) is 4.10. The van der Waals surface area contributed by atoms with Gasteiger partial charge in [-0.2, -0.15) is 0 Å². The molecule has 0 aromatic carbocycles. The molecule has 0 saturated heterocycles. The number of anilines is 1. The largest absolute Gasteiger partial charge is 0.385 e. The van der Waals surface area contributed by atoms with E-state index in [-0.39, 0.29) is 5.56 Å². The highest BCUT2D eigenvalue weighted by Crippen LogP contribution is 2.14. The van der Waals surface area contributed by atoms with Gasteiger partial charge >= 0.3 is 0 Å². The molecule has 0 aliphatic rings. The summed E-state index contributed by atoms with van der Waals surface area (Å²) in [4.78, 5) is 16.8. The third kappa shape index (κ3) is 1.90. The number of hydrogen-bond donors (Lipinski definition) is 1. The van der Waals surface area contributed by atoms with Gasteiger partial charge in [0.05, 0.1) is 5.69 Å². The molecule has 0 saturated carbocycles. The number of fused-ring (bicyclic) bond motifs is 1. The number of aromatic nitrogens is 2. The average Bonchev–Trinajstić information content (AvgIpc) is 2.34. The highest BCUT2D eigenvalue weighted by Gasteiger charge is 2.10.